The Morgan fingerprint density at radius 1 is 1.33 bits per heavy atom. The Hall–Kier alpha value is -0.310. The van der Waals surface area contributed by atoms with Crippen molar-refractivity contribution in [2.75, 3.05) is 12.4 Å². The number of carbonyl (C=O) groups excluding carboxylic acids is 2. The Balaban J connectivity index is 2.88. The van der Waals surface area contributed by atoms with Gasteiger partial charge in [0.25, 0.3) is 0 Å². The van der Waals surface area contributed by atoms with E-state index in [9.17, 15) is 9.59 Å². The largest absolute Gasteiger partial charge is 0.438 e. The van der Waals surface area contributed by atoms with E-state index in [1.54, 1.807) is 24.3 Å². The number of anilines is 1. The summed E-state index contributed by atoms with van der Waals surface area (Å²) in [5.74, 6) is -0.528. The van der Waals surface area contributed by atoms with Gasteiger partial charge in [0.2, 0.25) is 6.23 Å². The van der Waals surface area contributed by atoms with Crippen molar-refractivity contribution in [3.63, 3.8) is 0 Å². The number of nitrogens with zero attached hydrogens (tertiary/aromatic N) is 1. The molecule has 0 heterocycles. The van der Waals surface area contributed by atoms with Crippen LogP contribution in [0.1, 0.15) is 6.92 Å². The van der Waals surface area contributed by atoms with Crippen LogP contribution >= 0.6 is 59.4 Å². The molecule has 1 unspecified atom stereocenters. The Morgan fingerprint density at radius 3 is 2.38 bits per heavy atom. The molecule has 0 aliphatic rings. The van der Waals surface area contributed by atoms with Gasteiger partial charge in [-0.05, 0) is 12.1 Å². The minimum Gasteiger partial charge on any atom is -0.438 e. The van der Waals surface area contributed by atoms with Gasteiger partial charge in [-0.2, -0.15) is 0 Å². The van der Waals surface area contributed by atoms with E-state index >= 15 is 0 Å². The van der Waals surface area contributed by atoms with Crippen LogP contribution in [-0.4, -0.2) is 32.3 Å². The van der Waals surface area contributed by atoms with Gasteiger partial charge in [0.05, 0.1) is 10.7 Å². The Kier molecular flexibility index (Phi) is 6.96. The molecule has 0 aliphatic heterocycles. The van der Waals surface area contributed by atoms with Crippen LogP contribution in [0.25, 0.3) is 0 Å². The molecule has 0 radical (unpaired) electrons. The van der Waals surface area contributed by atoms with Crippen molar-refractivity contribution < 1.29 is 14.3 Å². The van der Waals surface area contributed by atoms with E-state index in [0.717, 1.165) is 0 Å². The summed E-state index contributed by atoms with van der Waals surface area (Å²) in [5.41, 5.74) is 0.460. The molecule has 1 atom stereocenters. The van der Waals surface area contributed by atoms with E-state index in [-0.39, 0.29) is 0 Å². The highest BCUT2D eigenvalue weighted by molar-refractivity contribution is 9.39. The van der Waals surface area contributed by atoms with Crippen LogP contribution in [0.3, 0.4) is 0 Å². The number of ether oxygens (including phenoxy) is 1. The van der Waals surface area contributed by atoms with Gasteiger partial charge in [0.15, 0.2) is 2.14 Å². The number of rotatable bonds is 3. The van der Waals surface area contributed by atoms with Crippen LogP contribution in [0.4, 0.5) is 10.5 Å². The number of carbonyl (C=O) groups is 2. The van der Waals surface area contributed by atoms with Crippen molar-refractivity contribution in [1.82, 2.24) is 4.90 Å². The topological polar surface area (TPSA) is 58.6 Å². The number of urea groups is 1. The van der Waals surface area contributed by atoms with Gasteiger partial charge in [0, 0.05) is 14.0 Å². The van der Waals surface area contributed by atoms with Gasteiger partial charge in [-0.3, -0.25) is 9.69 Å². The standard InChI is InChI=1S/C12H12Br3ClN2O3/c1-7(19)21-10(12(13,14)15)18(2)11(20)17-9-6-4-3-5-8(9)16/h3-6,10H,1-2H3,(H,17,20). The van der Waals surface area contributed by atoms with Crippen LogP contribution in [0.2, 0.25) is 5.02 Å². The molecule has 0 fully saturated rings. The van der Waals surface area contributed by atoms with Crippen LogP contribution < -0.4 is 5.32 Å². The second-order valence-electron chi connectivity index (χ2n) is 4.02. The Labute approximate surface area is 152 Å². The normalized spacial score (nSPS) is 12.5. The smallest absolute Gasteiger partial charge is 0.324 e. The van der Waals surface area contributed by atoms with Crippen molar-refractivity contribution in [2.45, 2.75) is 15.3 Å². The van der Waals surface area contributed by atoms with Crippen LogP contribution in [0, 0.1) is 0 Å². The maximum Gasteiger partial charge on any atom is 0.324 e. The van der Waals surface area contributed by atoms with E-state index in [1.807, 2.05) is 0 Å². The summed E-state index contributed by atoms with van der Waals surface area (Å²) in [6, 6.07) is 6.33. The minimum atomic E-state index is -0.981. The first-order valence-corrected chi connectivity index (χ1v) is 8.41. The summed E-state index contributed by atoms with van der Waals surface area (Å²) >= 11 is 15.7. The third-order valence-electron chi connectivity index (χ3n) is 2.35. The molecule has 116 valence electrons. The van der Waals surface area contributed by atoms with Crippen LogP contribution in [0.15, 0.2) is 24.3 Å². The molecule has 0 aromatic heterocycles. The molecule has 2 amide bonds. The second-order valence-corrected chi connectivity index (χ2v) is 11.4. The van der Waals surface area contributed by atoms with Crippen molar-refractivity contribution in [3.8, 4) is 0 Å². The van der Waals surface area contributed by atoms with Gasteiger partial charge in [0.1, 0.15) is 0 Å². The Morgan fingerprint density at radius 2 is 1.90 bits per heavy atom. The van der Waals surface area contributed by atoms with Crippen molar-refractivity contribution in [1.29, 1.82) is 0 Å². The van der Waals surface area contributed by atoms with E-state index in [2.05, 4.69) is 53.1 Å². The molecule has 1 aromatic carbocycles. The molecule has 1 rings (SSSR count). The van der Waals surface area contributed by atoms with Crippen molar-refractivity contribution in [2.24, 2.45) is 0 Å². The number of alkyl halides is 3. The summed E-state index contributed by atoms with van der Waals surface area (Å²) in [4.78, 5) is 24.6. The van der Waals surface area contributed by atoms with Gasteiger partial charge >= 0.3 is 12.0 Å². The number of benzene rings is 1. The fourth-order valence-electron chi connectivity index (χ4n) is 1.40. The lowest BCUT2D eigenvalue weighted by Crippen LogP contribution is -2.48. The molecule has 0 saturated carbocycles. The summed E-state index contributed by atoms with van der Waals surface area (Å²) in [6.07, 6.45) is -0.933. The highest BCUT2D eigenvalue weighted by Gasteiger charge is 2.39. The predicted molar refractivity (Wildman–Crippen MR) is 93.3 cm³/mol. The second kappa shape index (κ2) is 7.80. The Bertz CT molecular complexity index is 537. The number of amides is 2. The lowest BCUT2D eigenvalue weighted by atomic mass is 10.3. The number of para-hydroxylation sites is 1. The van der Waals surface area contributed by atoms with Crippen LogP contribution in [-0.2, 0) is 9.53 Å². The molecule has 1 aromatic rings. The maximum atomic E-state index is 12.2. The molecular weight excluding hydrogens is 495 g/mol. The molecule has 5 nitrogen and oxygen atoms in total. The summed E-state index contributed by atoms with van der Waals surface area (Å²) in [5, 5.41) is 3.05. The zero-order valence-corrected chi connectivity index (χ0v) is 16.6. The SMILES string of the molecule is CC(=O)OC(N(C)C(=O)Nc1ccccc1Cl)C(Br)(Br)Br. The quantitative estimate of drug-likeness (QED) is 0.372. The third-order valence-corrected chi connectivity index (χ3v) is 3.85. The third kappa shape index (κ3) is 5.77. The zero-order valence-electron chi connectivity index (χ0n) is 11.1. The number of esters is 1. The fourth-order valence-corrected chi connectivity index (χ4v) is 2.78. The zero-order chi connectivity index (χ0) is 16.2. The predicted octanol–water partition coefficient (Wildman–Crippen LogP) is 4.53. The first-order valence-electron chi connectivity index (χ1n) is 5.65. The molecule has 9 heteroatoms. The average Bonchev–Trinajstić information content (AvgIpc) is 2.36. The maximum absolute atomic E-state index is 12.2. The van der Waals surface area contributed by atoms with Crippen LogP contribution in [0.5, 0.6) is 0 Å². The number of nitrogens with one attached hydrogen (secondary N) is 1. The summed E-state index contributed by atoms with van der Waals surface area (Å²) in [7, 11) is 1.48. The highest BCUT2D eigenvalue weighted by atomic mass is 80.0. The van der Waals surface area contributed by atoms with E-state index in [0.29, 0.717) is 10.7 Å². The molecule has 0 saturated heterocycles. The molecule has 0 aliphatic carbocycles. The molecule has 0 bridgehead atoms. The highest BCUT2D eigenvalue weighted by Crippen LogP contribution is 2.40. The molecule has 0 spiro atoms. The van der Waals surface area contributed by atoms with E-state index in [1.165, 1.54) is 18.9 Å². The first-order chi connectivity index (χ1) is 9.62. The fraction of sp³-hybridized carbons (Fsp3) is 0.333. The number of halogens is 4. The lowest BCUT2D eigenvalue weighted by molar-refractivity contribution is -0.151. The van der Waals surface area contributed by atoms with Crippen molar-refractivity contribution in [3.05, 3.63) is 29.3 Å². The monoisotopic (exact) mass is 504 g/mol. The molecule has 1 N–H and O–H groups in total. The molecule has 21 heavy (non-hydrogen) atoms. The van der Waals surface area contributed by atoms with Gasteiger partial charge in [-0.15, -0.1) is 0 Å². The molecular formula is C12H12Br3ClN2O3. The van der Waals surface area contributed by atoms with Crippen molar-refractivity contribution >= 4 is 77.1 Å². The number of hydrogen-bond acceptors (Lipinski definition) is 3. The number of hydrogen-bond donors (Lipinski definition) is 1. The summed E-state index contributed by atoms with van der Waals surface area (Å²) < 4.78 is 4.14. The first kappa shape index (κ1) is 18.7. The van der Waals surface area contributed by atoms with E-state index < -0.39 is 20.4 Å². The average molecular weight is 507 g/mol. The minimum absolute atomic E-state index is 0.408. The van der Waals surface area contributed by atoms with Gasteiger partial charge < -0.3 is 10.1 Å². The summed E-state index contributed by atoms with van der Waals surface area (Å²) in [6.45, 7) is 1.26. The lowest BCUT2D eigenvalue weighted by Gasteiger charge is -2.33. The van der Waals surface area contributed by atoms with Gasteiger partial charge in [-0.1, -0.05) is 71.5 Å². The van der Waals surface area contributed by atoms with Gasteiger partial charge in [-0.25, -0.2) is 4.79 Å². The van der Waals surface area contributed by atoms with E-state index in [4.69, 9.17) is 16.3 Å².